The van der Waals surface area contributed by atoms with Crippen molar-refractivity contribution in [3.63, 3.8) is 0 Å². The molecule has 1 aliphatic heterocycles. The maximum atomic E-state index is 12.4. The number of hydrogen-bond donors (Lipinski definition) is 2. The lowest BCUT2D eigenvalue weighted by molar-refractivity contribution is -0.126. The number of aromatic amines is 1. The summed E-state index contributed by atoms with van der Waals surface area (Å²) < 4.78 is 0. The van der Waals surface area contributed by atoms with E-state index in [1.54, 1.807) is 0 Å². The number of H-pyrrole nitrogens is 1. The first kappa shape index (κ1) is 16.2. The summed E-state index contributed by atoms with van der Waals surface area (Å²) in [5, 5.41) is 10.1. The van der Waals surface area contributed by atoms with E-state index < -0.39 is 0 Å². The third-order valence-corrected chi connectivity index (χ3v) is 5.63. The summed E-state index contributed by atoms with van der Waals surface area (Å²) in [6.07, 6.45) is 10.5. The molecule has 0 bridgehead atoms. The number of benzene rings is 1. The minimum absolute atomic E-state index is 0.182. The molecule has 1 saturated heterocycles. The van der Waals surface area contributed by atoms with Gasteiger partial charge < -0.3 is 10.2 Å². The summed E-state index contributed by atoms with van der Waals surface area (Å²) in [6, 6.07) is 9.04. The molecule has 2 N–H and O–H groups in total. The van der Waals surface area contributed by atoms with Crippen molar-refractivity contribution < 1.29 is 4.79 Å². The van der Waals surface area contributed by atoms with Gasteiger partial charge in [0.1, 0.15) is 0 Å². The van der Waals surface area contributed by atoms with E-state index >= 15 is 0 Å². The molecule has 4 rings (SSSR count). The number of anilines is 1. The van der Waals surface area contributed by atoms with Crippen molar-refractivity contribution in [3.8, 4) is 11.1 Å². The molecule has 2 fully saturated rings. The van der Waals surface area contributed by atoms with E-state index in [1.807, 2.05) is 12.4 Å². The van der Waals surface area contributed by atoms with Crippen LogP contribution in [0.3, 0.4) is 0 Å². The van der Waals surface area contributed by atoms with E-state index in [-0.39, 0.29) is 11.8 Å². The number of carbonyl (C=O) groups is 1. The predicted octanol–water partition coefficient (Wildman–Crippen LogP) is 3.35. The molecule has 1 aromatic carbocycles. The molecule has 0 radical (unpaired) electrons. The normalized spacial score (nSPS) is 19.3. The van der Waals surface area contributed by atoms with Crippen molar-refractivity contribution in [1.29, 1.82) is 0 Å². The van der Waals surface area contributed by atoms with Gasteiger partial charge in [0.05, 0.1) is 6.20 Å². The molecule has 0 atom stereocenters. The Morgan fingerprint density at radius 3 is 2.40 bits per heavy atom. The van der Waals surface area contributed by atoms with Crippen molar-refractivity contribution in [2.45, 2.75) is 44.6 Å². The molecule has 2 aromatic rings. The zero-order valence-electron chi connectivity index (χ0n) is 14.6. The lowest BCUT2D eigenvalue weighted by atomic mass is 9.95. The monoisotopic (exact) mass is 338 g/mol. The van der Waals surface area contributed by atoms with Crippen LogP contribution in [0.2, 0.25) is 0 Å². The van der Waals surface area contributed by atoms with Gasteiger partial charge in [0.25, 0.3) is 0 Å². The molecule has 1 saturated carbocycles. The van der Waals surface area contributed by atoms with Gasteiger partial charge in [0, 0.05) is 42.5 Å². The van der Waals surface area contributed by atoms with Crippen molar-refractivity contribution >= 4 is 11.6 Å². The molecule has 25 heavy (non-hydrogen) atoms. The number of rotatable bonds is 4. The van der Waals surface area contributed by atoms with Crippen LogP contribution >= 0.6 is 0 Å². The van der Waals surface area contributed by atoms with Gasteiger partial charge in [-0.1, -0.05) is 25.0 Å². The maximum absolute atomic E-state index is 12.4. The average Bonchev–Trinajstić information content (AvgIpc) is 3.36. The molecular weight excluding hydrogens is 312 g/mol. The smallest absolute Gasteiger partial charge is 0.223 e. The summed E-state index contributed by atoms with van der Waals surface area (Å²) in [4.78, 5) is 14.8. The number of piperidine rings is 1. The van der Waals surface area contributed by atoms with Gasteiger partial charge >= 0.3 is 0 Å². The Bertz CT molecular complexity index is 681. The highest BCUT2D eigenvalue weighted by atomic mass is 16.1. The first-order chi connectivity index (χ1) is 12.3. The largest absolute Gasteiger partial charge is 0.371 e. The van der Waals surface area contributed by atoms with Crippen LogP contribution in [0.5, 0.6) is 0 Å². The summed E-state index contributed by atoms with van der Waals surface area (Å²) >= 11 is 0. The molecule has 1 amide bonds. The fourth-order valence-electron chi connectivity index (χ4n) is 4.06. The van der Waals surface area contributed by atoms with E-state index in [9.17, 15) is 4.79 Å². The maximum Gasteiger partial charge on any atom is 0.223 e. The molecule has 0 spiro atoms. The molecule has 2 aliphatic rings. The van der Waals surface area contributed by atoms with Gasteiger partial charge in [-0.25, -0.2) is 0 Å². The molecule has 5 nitrogen and oxygen atoms in total. The third-order valence-electron chi connectivity index (χ3n) is 5.63. The highest BCUT2D eigenvalue weighted by Crippen LogP contribution is 2.27. The predicted molar refractivity (Wildman–Crippen MR) is 99.4 cm³/mol. The number of aromatic nitrogens is 2. The molecule has 2 heterocycles. The van der Waals surface area contributed by atoms with E-state index in [4.69, 9.17) is 0 Å². The Morgan fingerprint density at radius 2 is 1.76 bits per heavy atom. The zero-order valence-corrected chi connectivity index (χ0v) is 14.6. The molecule has 132 valence electrons. The highest BCUT2D eigenvalue weighted by molar-refractivity contribution is 5.79. The second-order valence-electron chi connectivity index (χ2n) is 7.29. The van der Waals surface area contributed by atoms with Crippen LogP contribution in [0, 0.1) is 5.92 Å². The number of hydrogen-bond acceptors (Lipinski definition) is 3. The standard InChI is InChI=1S/C20H26N4O/c25-20(23-18-3-1-2-4-18)16-9-11-24(12-10-16)19-7-5-15(6-8-19)17-13-21-22-14-17/h5-8,13-14,16,18H,1-4,9-12H2,(H,21,22)(H,23,25). The van der Waals surface area contributed by atoms with Crippen molar-refractivity contribution in [1.82, 2.24) is 15.5 Å². The number of nitrogens with one attached hydrogen (secondary N) is 2. The van der Waals surface area contributed by atoms with Crippen LogP contribution < -0.4 is 10.2 Å². The van der Waals surface area contributed by atoms with Crippen LogP contribution in [-0.2, 0) is 4.79 Å². The Morgan fingerprint density at radius 1 is 1.04 bits per heavy atom. The first-order valence-corrected chi connectivity index (χ1v) is 9.44. The van der Waals surface area contributed by atoms with Crippen LogP contribution in [0.4, 0.5) is 5.69 Å². The molecule has 0 unspecified atom stereocenters. The molecular formula is C20H26N4O. The van der Waals surface area contributed by atoms with Crippen LogP contribution in [0.1, 0.15) is 38.5 Å². The molecule has 1 aliphatic carbocycles. The minimum Gasteiger partial charge on any atom is -0.371 e. The Balaban J connectivity index is 1.31. The summed E-state index contributed by atoms with van der Waals surface area (Å²) in [7, 11) is 0. The number of nitrogens with zero attached hydrogens (tertiary/aromatic N) is 2. The molecule has 1 aromatic heterocycles. The topological polar surface area (TPSA) is 61.0 Å². The second kappa shape index (κ2) is 7.30. The lowest BCUT2D eigenvalue weighted by Gasteiger charge is -2.33. The van der Waals surface area contributed by atoms with Crippen LogP contribution in [-0.4, -0.2) is 35.2 Å². The van der Waals surface area contributed by atoms with Gasteiger partial charge in [-0.2, -0.15) is 5.10 Å². The van der Waals surface area contributed by atoms with E-state index in [0.29, 0.717) is 6.04 Å². The summed E-state index contributed by atoms with van der Waals surface area (Å²) in [5.74, 6) is 0.462. The van der Waals surface area contributed by atoms with Crippen molar-refractivity contribution in [2.24, 2.45) is 5.92 Å². The van der Waals surface area contributed by atoms with E-state index in [1.165, 1.54) is 24.1 Å². The van der Waals surface area contributed by atoms with Gasteiger partial charge in [-0.05, 0) is 43.4 Å². The average molecular weight is 338 g/mol. The van der Waals surface area contributed by atoms with Gasteiger partial charge in [-0.3, -0.25) is 9.89 Å². The van der Waals surface area contributed by atoms with Crippen LogP contribution in [0.25, 0.3) is 11.1 Å². The zero-order chi connectivity index (χ0) is 17.1. The fourth-order valence-corrected chi connectivity index (χ4v) is 4.06. The van der Waals surface area contributed by atoms with Gasteiger partial charge in [-0.15, -0.1) is 0 Å². The van der Waals surface area contributed by atoms with Crippen molar-refractivity contribution in [3.05, 3.63) is 36.7 Å². The fraction of sp³-hybridized carbons (Fsp3) is 0.500. The van der Waals surface area contributed by atoms with Crippen molar-refractivity contribution in [2.75, 3.05) is 18.0 Å². The summed E-state index contributed by atoms with van der Waals surface area (Å²) in [6.45, 7) is 1.90. The third kappa shape index (κ3) is 3.70. The number of carbonyl (C=O) groups excluding carboxylic acids is 1. The Hall–Kier alpha value is -2.30. The minimum atomic E-state index is 0.182. The number of amides is 1. The van der Waals surface area contributed by atoms with E-state index in [2.05, 4.69) is 44.7 Å². The van der Waals surface area contributed by atoms with Gasteiger partial charge in [0.15, 0.2) is 0 Å². The van der Waals surface area contributed by atoms with Crippen LogP contribution in [0.15, 0.2) is 36.7 Å². The molecule has 5 heteroatoms. The Labute approximate surface area is 148 Å². The SMILES string of the molecule is O=C(NC1CCCC1)C1CCN(c2ccc(-c3cn[nH]c3)cc2)CC1. The quantitative estimate of drug-likeness (QED) is 0.899. The first-order valence-electron chi connectivity index (χ1n) is 9.44. The van der Waals surface area contributed by atoms with Gasteiger partial charge in [0.2, 0.25) is 5.91 Å². The Kier molecular flexibility index (Phi) is 4.72. The second-order valence-corrected chi connectivity index (χ2v) is 7.29. The summed E-state index contributed by atoms with van der Waals surface area (Å²) in [5.41, 5.74) is 3.51. The van der Waals surface area contributed by atoms with E-state index in [0.717, 1.165) is 44.3 Å². The highest BCUT2D eigenvalue weighted by Gasteiger charge is 2.27. The lowest BCUT2D eigenvalue weighted by Crippen LogP contribution is -2.43.